The number of hydrogen-bond donors (Lipinski definition) is 1. The highest BCUT2D eigenvalue weighted by molar-refractivity contribution is 7.99. The Morgan fingerprint density at radius 3 is 2.84 bits per heavy atom. The van der Waals surface area contributed by atoms with Gasteiger partial charge in [-0.1, -0.05) is 30.0 Å². The highest BCUT2D eigenvalue weighted by atomic mass is 32.2. The molecular formula is C16H17N5O3S. The zero-order chi connectivity index (χ0) is 17.8. The Kier molecular flexibility index (Phi) is 5.13. The summed E-state index contributed by atoms with van der Waals surface area (Å²) >= 11 is 1.17. The molecular weight excluding hydrogens is 342 g/mol. The topological polar surface area (TPSA) is 99.0 Å². The Hall–Kier alpha value is -2.68. The number of nitrogens with zero attached hydrogens (tertiary/aromatic N) is 4. The van der Waals surface area contributed by atoms with E-state index in [4.69, 9.17) is 0 Å². The first-order chi connectivity index (χ1) is 12.1. The number of fused-ring (bicyclic) bond motifs is 3. The molecule has 1 aromatic carbocycles. The van der Waals surface area contributed by atoms with Crippen LogP contribution in [0, 0.1) is 0 Å². The fraction of sp³-hybridized carbons (Fsp3) is 0.312. The predicted molar refractivity (Wildman–Crippen MR) is 94.3 cm³/mol. The van der Waals surface area contributed by atoms with E-state index >= 15 is 0 Å². The largest absolute Gasteiger partial charge is 0.468 e. The molecule has 0 aliphatic heterocycles. The lowest BCUT2D eigenvalue weighted by atomic mass is 10.2. The number of hydrogen-bond acceptors (Lipinski definition) is 7. The minimum Gasteiger partial charge on any atom is -0.468 e. The van der Waals surface area contributed by atoms with Gasteiger partial charge in [0.05, 0.1) is 18.4 Å². The quantitative estimate of drug-likeness (QED) is 0.524. The van der Waals surface area contributed by atoms with E-state index in [0.717, 1.165) is 28.6 Å². The molecule has 1 N–H and O–H groups in total. The molecule has 0 saturated heterocycles. The average molecular weight is 359 g/mol. The number of amides is 1. The minimum atomic E-state index is -0.495. The molecule has 2 aromatic heterocycles. The van der Waals surface area contributed by atoms with Crippen LogP contribution in [0.4, 0.5) is 0 Å². The second-order valence-corrected chi connectivity index (χ2v) is 6.11. The Balaban J connectivity index is 1.78. The Labute approximate surface area is 148 Å². The minimum absolute atomic E-state index is 0.0938. The smallest absolute Gasteiger partial charge is 0.325 e. The van der Waals surface area contributed by atoms with E-state index in [1.54, 1.807) is 0 Å². The standard InChI is InChI=1S/C16H17N5O3S/c1-3-21-11-7-5-4-6-10(11)14-15(21)18-16(20-19-14)25-9-12(22)17-8-13(23)24-2/h4-7H,3,8-9H2,1-2H3,(H,17,22). The van der Waals surface area contributed by atoms with Crippen molar-refractivity contribution >= 4 is 45.7 Å². The summed E-state index contributed by atoms with van der Waals surface area (Å²) in [6.07, 6.45) is 0. The molecule has 1 amide bonds. The highest BCUT2D eigenvalue weighted by Crippen LogP contribution is 2.26. The number of rotatable bonds is 6. The number of nitrogens with one attached hydrogen (secondary N) is 1. The summed E-state index contributed by atoms with van der Waals surface area (Å²) in [7, 11) is 1.27. The summed E-state index contributed by atoms with van der Waals surface area (Å²) in [5.74, 6) is -0.698. The number of aromatic nitrogens is 4. The van der Waals surface area contributed by atoms with Gasteiger partial charge in [0.15, 0.2) is 5.65 Å². The average Bonchev–Trinajstić information content (AvgIpc) is 2.97. The number of carbonyl (C=O) groups is 2. The molecule has 3 rings (SSSR count). The van der Waals surface area contributed by atoms with Gasteiger partial charge in [0.1, 0.15) is 12.1 Å². The van der Waals surface area contributed by atoms with Gasteiger partial charge in [-0.05, 0) is 13.0 Å². The fourth-order valence-corrected chi connectivity index (χ4v) is 3.11. The lowest BCUT2D eigenvalue weighted by Crippen LogP contribution is -2.31. The lowest BCUT2D eigenvalue weighted by Gasteiger charge is -2.04. The number of carbonyl (C=O) groups excluding carboxylic acids is 2. The summed E-state index contributed by atoms with van der Waals surface area (Å²) < 4.78 is 6.54. The first-order valence-electron chi connectivity index (χ1n) is 7.72. The second kappa shape index (κ2) is 7.47. The van der Waals surface area contributed by atoms with Gasteiger partial charge >= 0.3 is 5.97 Å². The number of methoxy groups -OCH3 is 1. The molecule has 25 heavy (non-hydrogen) atoms. The van der Waals surface area contributed by atoms with Crippen LogP contribution >= 0.6 is 11.8 Å². The molecule has 0 aliphatic rings. The molecule has 9 heteroatoms. The molecule has 8 nitrogen and oxygen atoms in total. The highest BCUT2D eigenvalue weighted by Gasteiger charge is 2.14. The number of para-hydroxylation sites is 1. The molecule has 0 atom stereocenters. The van der Waals surface area contributed by atoms with E-state index in [0.29, 0.717) is 5.16 Å². The molecule has 0 spiro atoms. The Bertz CT molecular complexity index is 940. The monoisotopic (exact) mass is 359 g/mol. The summed E-state index contributed by atoms with van der Waals surface area (Å²) in [5, 5.41) is 12.3. The van der Waals surface area contributed by atoms with Gasteiger partial charge in [-0.2, -0.15) is 0 Å². The van der Waals surface area contributed by atoms with Crippen molar-refractivity contribution in [1.29, 1.82) is 0 Å². The molecule has 0 radical (unpaired) electrons. The Morgan fingerprint density at radius 2 is 2.08 bits per heavy atom. The van der Waals surface area contributed by atoms with Crippen molar-refractivity contribution in [1.82, 2.24) is 25.1 Å². The summed E-state index contributed by atoms with van der Waals surface area (Å²) in [6, 6.07) is 7.95. The lowest BCUT2D eigenvalue weighted by molar-refractivity contribution is -0.140. The van der Waals surface area contributed by atoms with Crippen molar-refractivity contribution in [2.75, 3.05) is 19.4 Å². The zero-order valence-corrected chi connectivity index (χ0v) is 14.7. The van der Waals surface area contributed by atoms with Gasteiger partial charge in [-0.3, -0.25) is 9.59 Å². The van der Waals surface area contributed by atoms with Crippen LogP contribution in [-0.2, 0) is 20.9 Å². The number of esters is 1. The number of ether oxygens (including phenoxy) is 1. The van der Waals surface area contributed by atoms with Crippen LogP contribution in [0.15, 0.2) is 29.4 Å². The van der Waals surface area contributed by atoms with E-state index in [2.05, 4.69) is 29.8 Å². The summed E-state index contributed by atoms with van der Waals surface area (Å²) in [4.78, 5) is 27.3. The van der Waals surface area contributed by atoms with Crippen molar-refractivity contribution in [3.8, 4) is 0 Å². The predicted octanol–water partition coefficient (Wildman–Crippen LogP) is 1.38. The molecule has 3 aromatic rings. The second-order valence-electron chi connectivity index (χ2n) is 5.17. The van der Waals surface area contributed by atoms with Crippen LogP contribution in [-0.4, -0.2) is 51.0 Å². The van der Waals surface area contributed by atoms with E-state index in [-0.39, 0.29) is 18.2 Å². The van der Waals surface area contributed by atoms with Crippen LogP contribution in [0.5, 0.6) is 0 Å². The van der Waals surface area contributed by atoms with Gasteiger partial charge in [0.2, 0.25) is 11.1 Å². The SMILES string of the molecule is CCn1c2ccccc2c2nnc(SCC(=O)NCC(=O)OC)nc21. The molecule has 0 fully saturated rings. The molecule has 130 valence electrons. The molecule has 0 aliphatic carbocycles. The van der Waals surface area contributed by atoms with Crippen molar-refractivity contribution in [3.63, 3.8) is 0 Å². The van der Waals surface area contributed by atoms with Gasteiger partial charge < -0.3 is 14.6 Å². The summed E-state index contributed by atoms with van der Waals surface area (Å²) in [5.41, 5.74) is 2.55. The van der Waals surface area contributed by atoms with E-state index < -0.39 is 5.97 Å². The number of benzene rings is 1. The van der Waals surface area contributed by atoms with Gasteiger partial charge in [0, 0.05) is 11.9 Å². The maximum absolute atomic E-state index is 11.7. The molecule has 0 saturated carbocycles. The summed E-state index contributed by atoms with van der Waals surface area (Å²) in [6.45, 7) is 2.64. The van der Waals surface area contributed by atoms with Crippen molar-refractivity contribution in [3.05, 3.63) is 24.3 Å². The Morgan fingerprint density at radius 1 is 1.28 bits per heavy atom. The number of thioether (sulfide) groups is 1. The van der Waals surface area contributed by atoms with Crippen molar-refractivity contribution in [2.45, 2.75) is 18.6 Å². The van der Waals surface area contributed by atoms with Crippen LogP contribution < -0.4 is 5.32 Å². The van der Waals surface area contributed by atoms with E-state index in [1.807, 2.05) is 31.2 Å². The zero-order valence-electron chi connectivity index (χ0n) is 13.9. The van der Waals surface area contributed by atoms with Gasteiger partial charge in [-0.15, -0.1) is 10.2 Å². The molecule has 0 bridgehead atoms. The van der Waals surface area contributed by atoms with Crippen LogP contribution in [0.3, 0.4) is 0 Å². The van der Waals surface area contributed by atoms with Gasteiger partial charge in [0.25, 0.3) is 0 Å². The van der Waals surface area contributed by atoms with E-state index in [9.17, 15) is 9.59 Å². The van der Waals surface area contributed by atoms with Crippen molar-refractivity contribution < 1.29 is 14.3 Å². The number of aryl methyl sites for hydroxylation is 1. The van der Waals surface area contributed by atoms with Crippen LogP contribution in [0.25, 0.3) is 22.1 Å². The van der Waals surface area contributed by atoms with Crippen molar-refractivity contribution in [2.24, 2.45) is 0 Å². The molecule has 0 unspecified atom stereocenters. The third-order valence-electron chi connectivity index (χ3n) is 3.66. The van der Waals surface area contributed by atoms with Gasteiger partial charge in [-0.25, -0.2) is 4.98 Å². The molecule has 2 heterocycles. The van der Waals surface area contributed by atoms with Crippen LogP contribution in [0.2, 0.25) is 0 Å². The maximum Gasteiger partial charge on any atom is 0.325 e. The van der Waals surface area contributed by atoms with Crippen LogP contribution in [0.1, 0.15) is 6.92 Å². The normalized spacial score (nSPS) is 11.0. The third kappa shape index (κ3) is 3.55. The maximum atomic E-state index is 11.7. The first kappa shape index (κ1) is 17.2. The fourth-order valence-electron chi connectivity index (χ4n) is 2.49. The van der Waals surface area contributed by atoms with E-state index in [1.165, 1.54) is 18.9 Å². The first-order valence-corrected chi connectivity index (χ1v) is 8.70. The third-order valence-corrected chi connectivity index (χ3v) is 4.50.